The van der Waals surface area contributed by atoms with Gasteiger partial charge in [-0.15, -0.1) is 0 Å². The summed E-state index contributed by atoms with van der Waals surface area (Å²) in [6, 6.07) is 6.12. The molecule has 0 heterocycles. The minimum Gasteiger partial charge on any atom is -0.493 e. The minimum absolute atomic E-state index is 0.0946. The highest BCUT2D eigenvalue weighted by Gasteiger charge is 2.31. The van der Waals surface area contributed by atoms with E-state index < -0.39 is 0 Å². The molecule has 120 valence electrons. The van der Waals surface area contributed by atoms with Gasteiger partial charge in [-0.2, -0.15) is 0 Å². The quantitative estimate of drug-likeness (QED) is 0.756. The molecular weight excluding hydrogens is 266 g/mol. The molecule has 0 saturated carbocycles. The Morgan fingerprint density at radius 1 is 1.10 bits per heavy atom. The van der Waals surface area contributed by atoms with E-state index in [1.54, 1.807) is 14.2 Å². The average Bonchev–Trinajstić information content (AvgIpc) is 2.47. The fraction of sp³-hybridized carbons (Fsp3) is 0.647. The van der Waals surface area contributed by atoms with Crippen molar-refractivity contribution in [2.24, 2.45) is 0 Å². The fourth-order valence-electron chi connectivity index (χ4n) is 2.54. The topological polar surface area (TPSA) is 39.7 Å². The standard InChI is InChI=1S/C17H29NO3/c1-7-11-18-16(17(3,4)21-8-2)13-9-10-14(19-5)15(12-13)20-6/h9-10,12,16,18H,7-8,11H2,1-6H3. The molecule has 1 aromatic carbocycles. The van der Waals surface area contributed by atoms with Gasteiger partial charge in [-0.05, 0) is 51.4 Å². The summed E-state index contributed by atoms with van der Waals surface area (Å²) < 4.78 is 16.7. The molecule has 0 fully saturated rings. The largest absolute Gasteiger partial charge is 0.493 e. The van der Waals surface area contributed by atoms with Gasteiger partial charge in [0.1, 0.15) is 0 Å². The van der Waals surface area contributed by atoms with Gasteiger partial charge in [0.05, 0.1) is 25.9 Å². The molecule has 0 amide bonds. The predicted octanol–water partition coefficient (Wildman–Crippen LogP) is 3.56. The monoisotopic (exact) mass is 295 g/mol. The third-order valence-electron chi connectivity index (χ3n) is 3.55. The lowest BCUT2D eigenvalue weighted by atomic mass is 9.91. The van der Waals surface area contributed by atoms with Crippen LogP contribution in [0.1, 0.15) is 45.7 Å². The van der Waals surface area contributed by atoms with Crippen LogP contribution in [0.15, 0.2) is 18.2 Å². The number of ether oxygens (including phenoxy) is 3. The highest BCUT2D eigenvalue weighted by molar-refractivity contribution is 5.44. The lowest BCUT2D eigenvalue weighted by Crippen LogP contribution is -2.42. The van der Waals surface area contributed by atoms with Crippen molar-refractivity contribution in [1.82, 2.24) is 5.32 Å². The van der Waals surface area contributed by atoms with Gasteiger partial charge in [-0.3, -0.25) is 0 Å². The molecule has 0 saturated heterocycles. The zero-order chi connectivity index (χ0) is 15.9. The second-order valence-electron chi connectivity index (χ2n) is 5.54. The maximum Gasteiger partial charge on any atom is 0.161 e. The summed E-state index contributed by atoms with van der Waals surface area (Å²) in [5.74, 6) is 1.48. The van der Waals surface area contributed by atoms with E-state index in [0.717, 1.165) is 30.0 Å². The van der Waals surface area contributed by atoms with Crippen molar-refractivity contribution in [2.75, 3.05) is 27.4 Å². The van der Waals surface area contributed by atoms with Crippen LogP contribution in [0.2, 0.25) is 0 Å². The van der Waals surface area contributed by atoms with Crippen molar-refractivity contribution >= 4 is 0 Å². The number of nitrogens with one attached hydrogen (secondary N) is 1. The SMILES string of the molecule is CCCNC(c1ccc(OC)c(OC)c1)C(C)(C)OCC. The first-order valence-electron chi connectivity index (χ1n) is 7.59. The van der Waals surface area contributed by atoms with Gasteiger partial charge < -0.3 is 19.5 Å². The summed E-state index contributed by atoms with van der Waals surface area (Å²) in [6.07, 6.45) is 1.08. The van der Waals surface area contributed by atoms with E-state index in [2.05, 4.69) is 32.2 Å². The molecule has 4 heteroatoms. The molecule has 0 spiro atoms. The normalized spacial score (nSPS) is 13.0. The summed E-state index contributed by atoms with van der Waals surface area (Å²) in [7, 11) is 3.30. The predicted molar refractivity (Wildman–Crippen MR) is 86.3 cm³/mol. The minimum atomic E-state index is -0.302. The van der Waals surface area contributed by atoms with Crippen molar-refractivity contribution in [2.45, 2.75) is 45.8 Å². The van der Waals surface area contributed by atoms with Crippen LogP contribution in [0.5, 0.6) is 11.5 Å². The first-order chi connectivity index (χ1) is 10.00. The van der Waals surface area contributed by atoms with E-state index in [1.807, 2.05) is 19.1 Å². The number of hydrogen-bond acceptors (Lipinski definition) is 4. The highest BCUT2D eigenvalue weighted by Crippen LogP contribution is 2.35. The Kier molecular flexibility index (Phi) is 6.99. The van der Waals surface area contributed by atoms with Crippen LogP contribution in [0.3, 0.4) is 0 Å². The van der Waals surface area contributed by atoms with E-state index in [1.165, 1.54) is 0 Å². The summed E-state index contributed by atoms with van der Waals surface area (Å²) in [5.41, 5.74) is 0.836. The lowest BCUT2D eigenvalue weighted by Gasteiger charge is -2.35. The smallest absolute Gasteiger partial charge is 0.161 e. The molecule has 1 unspecified atom stereocenters. The lowest BCUT2D eigenvalue weighted by molar-refractivity contribution is -0.0392. The van der Waals surface area contributed by atoms with Crippen molar-refractivity contribution in [3.8, 4) is 11.5 Å². The Morgan fingerprint density at radius 2 is 1.76 bits per heavy atom. The van der Waals surface area contributed by atoms with E-state index in [0.29, 0.717) is 6.61 Å². The van der Waals surface area contributed by atoms with Gasteiger partial charge in [0.15, 0.2) is 11.5 Å². The highest BCUT2D eigenvalue weighted by atomic mass is 16.5. The molecule has 0 aromatic heterocycles. The van der Waals surface area contributed by atoms with Crippen LogP contribution in [0.4, 0.5) is 0 Å². The summed E-state index contributed by atoms with van der Waals surface area (Å²) in [4.78, 5) is 0. The maximum absolute atomic E-state index is 5.94. The number of benzene rings is 1. The van der Waals surface area contributed by atoms with Gasteiger partial charge in [-0.25, -0.2) is 0 Å². The second kappa shape index (κ2) is 8.25. The average molecular weight is 295 g/mol. The van der Waals surface area contributed by atoms with Crippen LogP contribution < -0.4 is 14.8 Å². The third-order valence-corrected chi connectivity index (χ3v) is 3.55. The van der Waals surface area contributed by atoms with Crippen LogP contribution in [-0.4, -0.2) is 33.0 Å². The fourth-order valence-corrected chi connectivity index (χ4v) is 2.54. The van der Waals surface area contributed by atoms with Gasteiger partial charge in [0.2, 0.25) is 0 Å². The molecular formula is C17H29NO3. The number of methoxy groups -OCH3 is 2. The van der Waals surface area contributed by atoms with E-state index in [9.17, 15) is 0 Å². The Bertz CT molecular complexity index is 432. The molecule has 1 atom stereocenters. The summed E-state index contributed by atoms with van der Waals surface area (Å²) in [6.45, 7) is 10.0. The van der Waals surface area contributed by atoms with E-state index in [4.69, 9.17) is 14.2 Å². The van der Waals surface area contributed by atoms with Crippen molar-refractivity contribution in [3.05, 3.63) is 23.8 Å². The first-order valence-corrected chi connectivity index (χ1v) is 7.59. The molecule has 0 aliphatic rings. The first kappa shape index (κ1) is 17.8. The van der Waals surface area contributed by atoms with Gasteiger partial charge >= 0.3 is 0 Å². The third kappa shape index (κ3) is 4.61. The van der Waals surface area contributed by atoms with Gasteiger partial charge in [0, 0.05) is 6.61 Å². The Morgan fingerprint density at radius 3 is 2.29 bits per heavy atom. The Balaban J connectivity index is 3.13. The molecule has 0 bridgehead atoms. The zero-order valence-corrected chi connectivity index (χ0v) is 14.2. The zero-order valence-electron chi connectivity index (χ0n) is 14.2. The van der Waals surface area contributed by atoms with Crippen LogP contribution in [-0.2, 0) is 4.74 Å². The molecule has 21 heavy (non-hydrogen) atoms. The van der Waals surface area contributed by atoms with Crippen LogP contribution in [0.25, 0.3) is 0 Å². The van der Waals surface area contributed by atoms with Gasteiger partial charge in [-0.1, -0.05) is 13.0 Å². The Hall–Kier alpha value is -1.26. The van der Waals surface area contributed by atoms with Gasteiger partial charge in [0.25, 0.3) is 0 Å². The second-order valence-corrected chi connectivity index (χ2v) is 5.54. The molecule has 1 N–H and O–H groups in total. The molecule has 0 radical (unpaired) electrons. The molecule has 0 aliphatic heterocycles. The van der Waals surface area contributed by atoms with Crippen LogP contribution in [0, 0.1) is 0 Å². The van der Waals surface area contributed by atoms with E-state index in [-0.39, 0.29) is 11.6 Å². The maximum atomic E-state index is 5.94. The van der Waals surface area contributed by atoms with Crippen molar-refractivity contribution < 1.29 is 14.2 Å². The molecule has 0 aliphatic carbocycles. The number of hydrogen-bond donors (Lipinski definition) is 1. The van der Waals surface area contributed by atoms with E-state index >= 15 is 0 Å². The van der Waals surface area contributed by atoms with Crippen molar-refractivity contribution in [1.29, 1.82) is 0 Å². The summed E-state index contributed by atoms with van der Waals surface area (Å²) in [5, 5.41) is 3.58. The molecule has 4 nitrogen and oxygen atoms in total. The van der Waals surface area contributed by atoms with Crippen LogP contribution >= 0.6 is 0 Å². The molecule has 1 aromatic rings. The Labute approximate surface area is 128 Å². The molecule has 1 rings (SSSR count). The van der Waals surface area contributed by atoms with Crippen molar-refractivity contribution in [3.63, 3.8) is 0 Å². The summed E-state index contributed by atoms with van der Waals surface area (Å²) >= 11 is 0. The number of rotatable bonds is 9.